The SMILES string of the molecule is C#Cc1nccc(NC(=O)NC(CO)c2ccc(-c3cccc(N4CCCC4)n3)cc2)n1. The first-order chi connectivity index (χ1) is 15.7. The van der Waals surface area contributed by atoms with Gasteiger partial charge in [0.15, 0.2) is 0 Å². The van der Waals surface area contributed by atoms with E-state index in [4.69, 9.17) is 11.4 Å². The van der Waals surface area contributed by atoms with Crippen molar-refractivity contribution < 1.29 is 9.90 Å². The maximum atomic E-state index is 12.3. The number of anilines is 2. The molecule has 0 aliphatic carbocycles. The fourth-order valence-electron chi connectivity index (χ4n) is 3.64. The lowest BCUT2D eigenvalue weighted by Gasteiger charge is -2.18. The molecule has 2 aromatic heterocycles. The number of amides is 2. The van der Waals surface area contributed by atoms with Crippen LogP contribution in [0, 0.1) is 12.3 Å². The van der Waals surface area contributed by atoms with Crippen molar-refractivity contribution in [3.8, 4) is 23.6 Å². The summed E-state index contributed by atoms with van der Waals surface area (Å²) in [5, 5.41) is 15.1. The topological polar surface area (TPSA) is 103 Å². The van der Waals surface area contributed by atoms with Crippen molar-refractivity contribution >= 4 is 17.7 Å². The van der Waals surface area contributed by atoms with Gasteiger partial charge in [-0.3, -0.25) is 5.32 Å². The van der Waals surface area contributed by atoms with E-state index in [9.17, 15) is 9.90 Å². The molecule has 0 bridgehead atoms. The van der Waals surface area contributed by atoms with Gasteiger partial charge in [0.1, 0.15) is 11.6 Å². The molecular weight excluding hydrogens is 404 g/mol. The molecule has 1 aromatic carbocycles. The lowest BCUT2D eigenvalue weighted by Crippen LogP contribution is -2.34. The molecule has 8 nitrogen and oxygen atoms in total. The Hall–Kier alpha value is -3.96. The highest BCUT2D eigenvalue weighted by molar-refractivity contribution is 5.88. The van der Waals surface area contributed by atoms with Crippen LogP contribution in [0.25, 0.3) is 11.3 Å². The first kappa shape index (κ1) is 21.3. The van der Waals surface area contributed by atoms with Gasteiger partial charge < -0.3 is 15.3 Å². The normalized spacial score (nSPS) is 13.9. The second kappa shape index (κ2) is 9.90. The monoisotopic (exact) mass is 428 g/mol. The minimum absolute atomic E-state index is 0.180. The zero-order valence-corrected chi connectivity index (χ0v) is 17.5. The van der Waals surface area contributed by atoms with Crippen molar-refractivity contribution in [2.24, 2.45) is 0 Å². The average Bonchev–Trinajstić information content (AvgIpc) is 3.38. The number of aliphatic hydroxyl groups excluding tert-OH is 1. The molecule has 1 atom stereocenters. The number of nitrogens with zero attached hydrogens (tertiary/aromatic N) is 4. The fourth-order valence-corrected chi connectivity index (χ4v) is 3.64. The third-order valence-electron chi connectivity index (χ3n) is 5.29. The molecule has 0 spiro atoms. The Kier molecular flexibility index (Phi) is 6.58. The number of terminal acetylenes is 1. The van der Waals surface area contributed by atoms with Crippen molar-refractivity contribution in [3.05, 3.63) is 66.1 Å². The fraction of sp³-hybridized carbons (Fsp3) is 0.250. The molecule has 1 aliphatic heterocycles. The van der Waals surface area contributed by atoms with E-state index in [-0.39, 0.29) is 18.2 Å². The van der Waals surface area contributed by atoms with E-state index < -0.39 is 12.1 Å². The van der Waals surface area contributed by atoms with Gasteiger partial charge in [-0.15, -0.1) is 6.42 Å². The summed E-state index contributed by atoms with van der Waals surface area (Å²) in [5.74, 6) is 3.77. The van der Waals surface area contributed by atoms with Crippen LogP contribution < -0.4 is 15.5 Å². The zero-order valence-electron chi connectivity index (χ0n) is 17.5. The van der Waals surface area contributed by atoms with Crippen LogP contribution in [0.3, 0.4) is 0 Å². The van der Waals surface area contributed by atoms with E-state index in [1.807, 2.05) is 42.5 Å². The third-order valence-corrected chi connectivity index (χ3v) is 5.29. The summed E-state index contributed by atoms with van der Waals surface area (Å²) in [4.78, 5) is 27.4. The maximum Gasteiger partial charge on any atom is 0.320 e. The van der Waals surface area contributed by atoms with Crippen LogP contribution in [0.5, 0.6) is 0 Å². The number of aromatic nitrogens is 3. The minimum Gasteiger partial charge on any atom is -0.394 e. The van der Waals surface area contributed by atoms with Gasteiger partial charge in [0.25, 0.3) is 0 Å². The highest BCUT2D eigenvalue weighted by Crippen LogP contribution is 2.24. The van der Waals surface area contributed by atoms with E-state index in [0.717, 1.165) is 35.7 Å². The summed E-state index contributed by atoms with van der Waals surface area (Å²) in [6.45, 7) is 1.83. The highest BCUT2D eigenvalue weighted by Gasteiger charge is 2.16. The third kappa shape index (κ3) is 5.02. The molecule has 162 valence electrons. The van der Waals surface area contributed by atoms with Crippen LogP contribution in [0.1, 0.15) is 30.3 Å². The van der Waals surface area contributed by atoms with Gasteiger partial charge in [0.2, 0.25) is 5.82 Å². The average molecular weight is 428 g/mol. The molecule has 32 heavy (non-hydrogen) atoms. The molecular formula is C24H24N6O2. The van der Waals surface area contributed by atoms with E-state index in [2.05, 4.69) is 31.4 Å². The van der Waals surface area contributed by atoms with Crippen LogP contribution >= 0.6 is 0 Å². The summed E-state index contributed by atoms with van der Waals surface area (Å²) in [5.41, 5.74) is 2.63. The Morgan fingerprint density at radius 3 is 2.62 bits per heavy atom. The molecule has 8 heteroatoms. The van der Waals surface area contributed by atoms with Crippen LogP contribution in [0.4, 0.5) is 16.4 Å². The summed E-state index contributed by atoms with van der Waals surface area (Å²) in [7, 11) is 0. The van der Waals surface area contributed by atoms with E-state index in [1.54, 1.807) is 0 Å². The Morgan fingerprint density at radius 2 is 1.91 bits per heavy atom. The van der Waals surface area contributed by atoms with Gasteiger partial charge in [0.05, 0.1) is 18.3 Å². The summed E-state index contributed by atoms with van der Waals surface area (Å²) in [6.07, 6.45) is 9.14. The molecule has 1 unspecified atom stereocenters. The number of aliphatic hydroxyl groups is 1. The van der Waals surface area contributed by atoms with Crippen LogP contribution in [-0.2, 0) is 0 Å². The lowest BCUT2D eigenvalue weighted by atomic mass is 10.0. The molecule has 1 fully saturated rings. The second-order valence-electron chi connectivity index (χ2n) is 7.44. The molecule has 3 N–H and O–H groups in total. The van der Waals surface area contributed by atoms with Gasteiger partial charge in [-0.25, -0.2) is 19.7 Å². The second-order valence-corrected chi connectivity index (χ2v) is 7.44. The first-order valence-corrected chi connectivity index (χ1v) is 10.5. The number of hydrogen-bond donors (Lipinski definition) is 3. The molecule has 2 amide bonds. The van der Waals surface area contributed by atoms with E-state index >= 15 is 0 Å². The Bertz CT molecular complexity index is 1120. The minimum atomic E-state index is -0.582. The number of rotatable bonds is 6. The van der Waals surface area contributed by atoms with Gasteiger partial charge in [0, 0.05) is 24.8 Å². The number of urea groups is 1. The number of benzene rings is 1. The molecule has 3 aromatic rings. The quantitative estimate of drug-likeness (QED) is 0.522. The molecule has 0 radical (unpaired) electrons. The number of pyridine rings is 1. The molecule has 0 saturated carbocycles. The highest BCUT2D eigenvalue weighted by atomic mass is 16.3. The summed E-state index contributed by atoms with van der Waals surface area (Å²) in [6, 6.07) is 14.1. The smallest absolute Gasteiger partial charge is 0.320 e. The summed E-state index contributed by atoms with van der Waals surface area (Å²) >= 11 is 0. The van der Waals surface area contributed by atoms with Crippen molar-refractivity contribution in [1.82, 2.24) is 20.3 Å². The molecule has 1 aliphatic rings. The van der Waals surface area contributed by atoms with Crippen molar-refractivity contribution in [1.29, 1.82) is 0 Å². The first-order valence-electron chi connectivity index (χ1n) is 10.5. The standard InChI is InChI=1S/C24H24N6O2/c1-2-21-25-13-12-22(28-21)29-24(32)27-20(16-31)18-10-8-17(9-11-18)19-6-5-7-23(26-19)30-14-3-4-15-30/h1,5-13,20,31H,3-4,14-16H2,(H2,25,27,28,29,32). The summed E-state index contributed by atoms with van der Waals surface area (Å²) < 4.78 is 0. The van der Waals surface area contributed by atoms with Gasteiger partial charge in [-0.2, -0.15) is 0 Å². The number of hydrogen-bond acceptors (Lipinski definition) is 6. The molecule has 1 saturated heterocycles. The molecule has 4 rings (SSSR count). The number of nitrogens with one attached hydrogen (secondary N) is 2. The predicted octanol–water partition coefficient (Wildman–Crippen LogP) is 2.98. The van der Waals surface area contributed by atoms with Gasteiger partial charge >= 0.3 is 6.03 Å². The largest absolute Gasteiger partial charge is 0.394 e. The van der Waals surface area contributed by atoms with Crippen molar-refractivity contribution in [3.63, 3.8) is 0 Å². The molecule has 3 heterocycles. The Labute approximate surface area is 186 Å². The van der Waals surface area contributed by atoms with Crippen LogP contribution in [-0.4, -0.2) is 45.8 Å². The lowest BCUT2D eigenvalue weighted by molar-refractivity contribution is 0.225. The predicted molar refractivity (Wildman–Crippen MR) is 123 cm³/mol. The zero-order chi connectivity index (χ0) is 22.3. The Morgan fingerprint density at radius 1 is 1.12 bits per heavy atom. The van der Waals surface area contributed by atoms with Crippen molar-refractivity contribution in [2.75, 3.05) is 29.9 Å². The van der Waals surface area contributed by atoms with Gasteiger partial charge in [-0.1, -0.05) is 30.3 Å². The van der Waals surface area contributed by atoms with E-state index in [0.29, 0.717) is 0 Å². The van der Waals surface area contributed by atoms with Crippen molar-refractivity contribution in [2.45, 2.75) is 18.9 Å². The van der Waals surface area contributed by atoms with Crippen LogP contribution in [0.15, 0.2) is 54.7 Å². The number of carbonyl (C=O) groups is 1. The van der Waals surface area contributed by atoms with Gasteiger partial charge in [-0.05, 0) is 42.5 Å². The number of carbonyl (C=O) groups excluding carboxylic acids is 1. The Balaban J connectivity index is 1.43. The van der Waals surface area contributed by atoms with E-state index in [1.165, 1.54) is 25.1 Å². The van der Waals surface area contributed by atoms with Crippen LogP contribution in [0.2, 0.25) is 0 Å². The maximum absolute atomic E-state index is 12.3.